The molecule has 3 aromatic heterocycles. The van der Waals surface area contributed by atoms with E-state index in [2.05, 4.69) is 20.6 Å². The molecular weight excluding hydrogens is 641 g/mol. The molecule has 0 aliphatic rings. The van der Waals surface area contributed by atoms with Crippen molar-refractivity contribution in [1.82, 2.24) is 24.4 Å². The number of fused-ring (bicyclic) bond motifs is 1. The Morgan fingerprint density at radius 1 is 1.02 bits per heavy atom. The minimum absolute atomic E-state index is 0.151. The van der Waals surface area contributed by atoms with E-state index < -0.39 is 11.6 Å². The predicted molar refractivity (Wildman–Crippen MR) is 186 cm³/mol. The van der Waals surface area contributed by atoms with E-state index in [1.165, 1.54) is 20.3 Å². The lowest BCUT2D eigenvalue weighted by Crippen LogP contribution is -2.27. The van der Waals surface area contributed by atoms with Crippen molar-refractivity contribution in [2.45, 2.75) is 13.0 Å². The van der Waals surface area contributed by atoms with Crippen molar-refractivity contribution in [1.29, 1.82) is 0 Å². The molecule has 0 saturated heterocycles. The van der Waals surface area contributed by atoms with Gasteiger partial charge in [0.05, 0.1) is 35.9 Å². The van der Waals surface area contributed by atoms with Crippen molar-refractivity contribution in [3.05, 3.63) is 105 Å². The normalized spacial score (nSPS) is 12.0. The summed E-state index contributed by atoms with van der Waals surface area (Å²) in [6, 6.07) is 13.5. The second-order valence-corrected chi connectivity index (χ2v) is 11.6. The number of hydrogen-bond donors (Lipinski definition) is 2. The van der Waals surface area contributed by atoms with Gasteiger partial charge in [-0.1, -0.05) is 41.4 Å². The van der Waals surface area contributed by atoms with Crippen molar-refractivity contribution in [2.75, 3.05) is 45.5 Å². The van der Waals surface area contributed by atoms with Crippen LogP contribution in [0.5, 0.6) is 11.5 Å². The van der Waals surface area contributed by atoms with Crippen LogP contribution in [-0.4, -0.2) is 65.2 Å². The molecule has 0 aliphatic carbocycles. The van der Waals surface area contributed by atoms with Gasteiger partial charge in [-0.25, -0.2) is 4.98 Å². The molecule has 13 heteroatoms. The van der Waals surface area contributed by atoms with E-state index in [1.54, 1.807) is 59.6 Å². The summed E-state index contributed by atoms with van der Waals surface area (Å²) >= 11 is 13.6. The molecule has 0 bridgehead atoms. The van der Waals surface area contributed by atoms with Gasteiger partial charge in [-0.2, -0.15) is 4.98 Å². The molecule has 1 amide bonds. The Kier molecular flexibility index (Phi) is 10.4. The highest BCUT2D eigenvalue weighted by atomic mass is 35.5. The number of nitrogens with zero attached hydrogens (tertiary/aromatic N) is 5. The molecule has 11 nitrogen and oxygen atoms in total. The topological polar surface area (TPSA) is 124 Å². The number of ether oxygens (including phenoxy) is 2. The predicted octanol–water partition coefficient (Wildman–Crippen LogP) is 6.59. The van der Waals surface area contributed by atoms with Gasteiger partial charge in [0.1, 0.15) is 17.1 Å². The van der Waals surface area contributed by atoms with Crippen LogP contribution in [0.15, 0.2) is 84.1 Å². The van der Waals surface area contributed by atoms with Gasteiger partial charge < -0.3 is 25.0 Å². The van der Waals surface area contributed by atoms with E-state index in [0.717, 1.165) is 11.3 Å². The molecule has 5 rings (SSSR count). The number of rotatable bonds is 11. The number of benzene rings is 2. The summed E-state index contributed by atoms with van der Waals surface area (Å²) < 4.78 is 12.5. The SMILES string of the molecule is COc1cc(OC)c(Cl)c(-c2cc3cnc(Nc4ccncc4)nc3n(C(C)c3cccc(NC(=O)/C=C/CN(C)C)c3)c2=O)c1Cl. The number of anilines is 3. The molecule has 5 aromatic rings. The number of amides is 1. The third-order valence-electron chi connectivity index (χ3n) is 7.32. The van der Waals surface area contributed by atoms with Crippen LogP contribution < -0.4 is 25.7 Å². The number of likely N-dealkylation sites (N-methyl/N-ethyl adjacent to an activating group) is 1. The Bertz CT molecular complexity index is 1990. The Morgan fingerprint density at radius 2 is 1.72 bits per heavy atom. The first kappa shape index (κ1) is 33.4. The van der Waals surface area contributed by atoms with Gasteiger partial charge in [-0.05, 0) is 56.9 Å². The Labute approximate surface area is 281 Å². The number of halogens is 2. The minimum Gasteiger partial charge on any atom is -0.495 e. The quantitative estimate of drug-likeness (QED) is 0.150. The molecule has 2 aromatic carbocycles. The van der Waals surface area contributed by atoms with Gasteiger partial charge in [0.25, 0.3) is 5.56 Å². The van der Waals surface area contributed by atoms with E-state index in [1.807, 2.05) is 44.1 Å². The van der Waals surface area contributed by atoms with Crippen LogP contribution in [0.4, 0.5) is 17.3 Å². The third-order valence-corrected chi connectivity index (χ3v) is 8.07. The number of aromatic nitrogens is 4. The zero-order valence-electron chi connectivity index (χ0n) is 26.4. The molecule has 1 unspecified atom stereocenters. The molecule has 242 valence electrons. The molecule has 0 radical (unpaired) electrons. The molecule has 47 heavy (non-hydrogen) atoms. The van der Waals surface area contributed by atoms with Crippen molar-refractivity contribution < 1.29 is 14.3 Å². The lowest BCUT2D eigenvalue weighted by Gasteiger charge is -2.21. The Hall–Kier alpha value is -4.97. The Morgan fingerprint density at radius 3 is 2.38 bits per heavy atom. The number of carbonyl (C=O) groups excluding carboxylic acids is 1. The molecule has 0 spiro atoms. The summed E-state index contributed by atoms with van der Waals surface area (Å²) in [4.78, 5) is 42.5. The van der Waals surface area contributed by atoms with Crippen molar-refractivity contribution in [3.8, 4) is 22.6 Å². The van der Waals surface area contributed by atoms with Gasteiger partial charge in [-0.3, -0.25) is 19.1 Å². The zero-order chi connectivity index (χ0) is 33.7. The second kappa shape index (κ2) is 14.6. The maximum atomic E-state index is 14.6. The first-order valence-electron chi connectivity index (χ1n) is 14.5. The molecule has 3 heterocycles. The molecule has 0 aliphatic heterocycles. The van der Waals surface area contributed by atoms with Crippen LogP contribution in [0.2, 0.25) is 10.0 Å². The molecular formula is C34H33Cl2N7O4. The summed E-state index contributed by atoms with van der Waals surface area (Å²) in [6.07, 6.45) is 8.18. The summed E-state index contributed by atoms with van der Waals surface area (Å²) in [5, 5.41) is 6.91. The lowest BCUT2D eigenvalue weighted by molar-refractivity contribution is -0.111. The van der Waals surface area contributed by atoms with Gasteiger partial charge in [0, 0.05) is 59.6 Å². The first-order valence-corrected chi connectivity index (χ1v) is 15.3. The first-order chi connectivity index (χ1) is 22.6. The monoisotopic (exact) mass is 673 g/mol. The average Bonchev–Trinajstić information content (AvgIpc) is 3.05. The largest absolute Gasteiger partial charge is 0.495 e. The van der Waals surface area contributed by atoms with Crippen molar-refractivity contribution in [3.63, 3.8) is 0 Å². The summed E-state index contributed by atoms with van der Waals surface area (Å²) in [5.41, 5.74) is 2.43. The standard InChI is InChI=1S/C34H33Cl2N7O4/c1-20(21-8-6-9-24(16-21)39-28(44)10-7-15-42(2)3)43-32-22(19-38-34(41-32)40-23-11-13-37-14-12-23)17-25(33(43)45)29-30(35)26(46-4)18-27(47-5)31(29)36/h6-14,16-20H,15H2,1-5H3,(H,39,44)(H,37,38,40,41)/b10-7+. The zero-order valence-corrected chi connectivity index (χ0v) is 27.9. The van der Waals surface area contributed by atoms with Crippen LogP contribution in [0, 0.1) is 0 Å². The molecule has 0 saturated carbocycles. The number of pyridine rings is 2. The van der Waals surface area contributed by atoms with Crippen LogP contribution in [0.3, 0.4) is 0 Å². The summed E-state index contributed by atoms with van der Waals surface area (Å²) in [6.45, 7) is 2.50. The van der Waals surface area contributed by atoms with E-state index >= 15 is 0 Å². The van der Waals surface area contributed by atoms with E-state index in [-0.39, 0.29) is 33.0 Å². The van der Waals surface area contributed by atoms with Crippen LogP contribution in [0.25, 0.3) is 22.2 Å². The second-order valence-electron chi connectivity index (χ2n) is 10.8. The fourth-order valence-corrected chi connectivity index (χ4v) is 5.69. The number of carbonyl (C=O) groups is 1. The minimum atomic E-state index is -0.570. The van der Waals surface area contributed by atoms with E-state index in [9.17, 15) is 9.59 Å². The Balaban J connectivity index is 1.68. The highest BCUT2D eigenvalue weighted by Crippen LogP contribution is 2.45. The van der Waals surface area contributed by atoms with Gasteiger partial charge >= 0.3 is 0 Å². The lowest BCUT2D eigenvalue weighted by atomic mass is 10.0. The van der Waals surface area contributed by atoms with Gasteiger partial charge in [0.2, 0.25) is 11.9 Å². The maximum absolute atomic E-state index is 14.6. The van der Waals surface area contributed by atoms with Gasteiger partial charge in [-0.15, -0.1) is 0 Å². The highest BCUT2D eigenvalue weighted by Gasteiger charge is 2.25. The maximum Gasteiger partial charge on any atom is 0.260 e. The fourth-order valence-electron chi connectivity index (χ4n) is 4.99. The fraction of sp³-hybridized carbons (Fsp3) is 0.206. The van der Waals surface area contributed by atoms with E-state index in [4.69, 9.17) is 37.7 Å². The van der Waals surface area contributed by atoms with Crippen LogP contribution in [0.1, 0.15) is 18.5 Å². The smallest absolute Gasteiger partial charge is 0.260 e. The van der Waals surface area contributed by atoms with Crippen LogP contribution >= 0.6 is 23.2 Å². The summed E-state index contributed by atoms with van der Waals surface area (Å²) in [7, 11) is 6.77. The molecule has 2 N–H and O–H groups in total. The van der Waals surface area contributed by atoms with Gasteiger partial charge in [0.15, 0.2) is 0 Å². The third kappa shape index (κ3) is 7.38. The average molecular weight is 675 g/mol. The number of hydrogen-bond acceptors (Lipinski definition) is 9. The summed E-state index contributed by atoms with van der Waals surface area (Å²) in [5.74, 6) is 0.593. The number of methoxy groups -OCH3 is 2. The van der Waals surface area contributed by atoms with Crippen molar-refractivity contribution >= 4 is 57.5 Å². The van der Waals surface area contributed by atoms with Crippen LogP contribution in [-0.2, 0) is 4.79 Å². The van der Waals surface area contributed by atoms with Crippen molar-refractivity contribution in [2.24, 2.45) is 0 Å². The van der Waals surface area contributed by atoms with E-state index in [0.29, 0.717) is 34.8 Å². The highest BCUT2D eigenvalue weighted by molar-refractivity contribution is 6.41. The molecule has 0 fully saturated rings. The number of nitrogens with one attached hydrogen (secondary N) is 2. The molecule has 1 atom stereocenters.